The third-order valence-electron chi connectivity index (χ3n) is 4.45. The number of likely N-dealkylation sites (N-methyl/N-ethyl adjacent to an activating group) is 1. The van der Waals surface area contributed by atoms with Crippen molar-refractivity contribution in [1.82, 2.24) is 24.4 Å². The van der Waals surface area contributed by atoms with Crippen molar-refractivity contribution in [2.45, 2.75) is 6.04 Å². The zero-order valence-electron chi connectivity index (χ0n) is 14.5. The zero-order chi connectivity index (χ0) is 17.4. The third-order valence-corrected chi connectivity index (χ3v) is 5.43. The number of benzene rings is 1. The molecule has 3 aromatic heterocycles. The molecule has 128 valence electrons. The van der Waals surface area contributed by atoms with Crippen LogP contribution in [0.5, 0.6) is 0 Å². The van der Waals surface area contributed by atoms with Gasteiger partial charge >= 0.3 is 0 Å². The standard InChI is InChI=1S/C18H20N6S/c1-23(2)14(13-9-25-15-7-5-4-6-12(13)15)8-19-17-16-18(21-10-20-17)24(3)11-22-16/h4-7,9-11,14H,8H2,1-3H3,(H,19,20,21). The van der Waals surface area contributed by atoms with Crippen molar-refractivity contribution in [3.63, 3.8) is 0 Å². The van der Waals surface area contributed by atoms with E-state index in [0.29, 0.717) is 0 Å². The number of hydrogen-bond donors (Lipinski definition) is 1. The minimum atomic E-state index is 0.241. The van der Waals surface area contributed by atoms with Crippen molar-refractivity contribution in [2.75, 3.05) is 26.0 Å². The number of anilines is 1. The van der Waals surface area contributed by atoms with Gasteiger partial charge in [0, 0.05) is 18.3 Å². The Morgan fingerprint density at radius 3 is 2.88 bits per heavy atom. The molecule has 0 fully saturated rings. The summed E-state index contributed by atoms with van der Waals surface area (Å²) in [7, 11) is 6.15. The first-order valence-corrected chi connectivity index (χ1v) is 9.01. The van der Waals surface area contributed by atoms with Crippen LogP contribution in [0.3, 0.4) is 0 Å². The maximum absolute atomic E-state index is 4.42. The Bertz CT molecular complexity index is 1020. The van der Waals surface area contributed by atoms with E-state index < -0.39 is 0 Å². The number of nitrogens with one attached hydrogen (secondary N) is 1. The summed E-state index contributed by atoms with van der Waals surface area (Å²) in [6.45, 7) is 0.746. The van der Waals surface area contributed by atoms with Gasteiger partial charge in [-0.15, -0.1) is 11.3 Å². The molecule has 0 amide bonds. The Morgan fingerprint density at radius 2 is 2.04 bits per heavy atom. The predicted octanol–water partition coefficient (Wildman–Crippen LogP) is 3.29. The van der Waals surface area contributed by atoms with E-state index in [0.717, 1.165) is 23.5 Å². The Balaban J connectivity index is 1.64. The maximum Gasteiger partial charge on any atom is 0.165 e. The lowest BCUT2D eigenvalue weighted by molar-refractivity contribution is 0.314. The number of aryl methyl sites for hydroxylation is 1. The molecule has 0 spiro atoms. The number of rotatable bonds is 5. The Hall–Kier alpha value is -2.51. The summed E-state index contributed by atoms with van der Waals surface area (Å²) in [5.74, 6) is 0.775. The van der Waals surface area contributed by atoms with Crippen LogP contribution in [0.1, 0.15) is 11.6 Å². The SMILES string of the molecule is CN(C)C(CNc1ncnc2c1ncn2C)c1csc2ccccc12. The van der Waals surface area contributed by atoms with Crippen molar-refractivity contribution in [3.05, 3.63) is 47.9 Å². The second kappa shape index (κ2) is 6.42. The highest BCUT2D eigenvalue weighted by molar-refractivity contribution is 7.17. The first-order valence-electron chi connectivity index (χ1n) is 8.13. The second-order valence-corrected chi connectivity index (χ2v) is 7.21. The summed E-state index contributed by atoms with van der Waals surface area (Å²) < 4.78 is 3.22. The highest BCUT2D eigenvalue weighted by Crippen LogP contribution is 2.32. The molecular formula is C18H20N6S. The van der Waals surface area contributed by atoms with Crippen molar-refractivity contribution >= 4 is 38.4 Å². The van der Waals surface area contributed by atoms with Crippen LogP contribution < -0.4 is 5.32 Å². The molecule has 4 aromatic rings. The lowest BCUT2D eigenvalue weighted by atomic mass is 10.0. The van der Waals surface area contributed by atoms with Crippen LogP contribution in [0, 0.1) is 0 Å². The largest absolute Gasteiger partial charge is 0.366 e. The van der Waals surface area contributed by atoms with Gasteiger partial charge in [-0.25, -0.2) is 15.0 Å². The van der Waals surface area contributed by atoms with E-state index in [1.807, 2.05) is 11.6 Å². The molecule has 0 radical (unpaired) electrons. The highest BCUT2D eigenvalue weighted by Gasteiger charge is 2.19. The number of aromatic nitrogens is 4. The molecule has 0 aliphatic heterocycles. The van der Waals surface area contributed by atoms with Crippen molar-refractivity contribution in [2.24, 2.45) is 7.05 Å². The number of hydrogen-bond acceptors (Lipinski definition) is 6. The van der Waals surface area contributed by atoms with Crippen LogP contribution in [-0.4, -0.2) is 45.1 Å². The summed E-state index contributed by atoms with van der Waals surface area (Å²) in [5, 5.41) is 7.05. The number of thiophene rings is 1. The first-order chi connectivity index (χ1) is 12.1. The zero-order valence-corrected chi connectivity index (χ0v) is 15.3. The fourth-order valence-electron chi connectivity index (χ4n) is 3.10. The van der Waals surface area contributed by atoms with Crippen molar-refractivity contribution < 1.29 is 0 Å². The van der Waals surface area contributed by atoms with Gasteiger partial charge in [-0.2, -0.15) is 0 Å². The Morgan fingerprint density at radius 1 is 1.20 bits per heavy atom. The Kier molecular flexibility index (Phi) is 4.10. The molecule has 1 aromatic carbocycles. The molecule has 0 saturated heterocycles. The second-order valence-electron chi connectivity index (χ2n) is 6.30. The van der Waals surface area contributed by atoms with Gasteiger partial charge in [-0.05, 0) is 36.5 Å². The van der Waals surface area contributed by atoms with Crippen LogP contribution in [0.2, 0.25) is 0 Å². The van der Waals surface area contributed by atoms with Gasteiger partial charge < -0.3 is 14.8 Å². The molecular weight excluding hydrogens is 332 g/mol. The average Bonchev–Trinajstić information content (AvgIpc) is 3.20. The van der Waals surface area contributed by atoms with E-state index in [1.165, 1.54) is 15.6 Å². The molecule has 1 atom stereocenters. The quantitative estimate of drug-likeness (QED) is 0.597. The molecule has 1 unspecified atom stereocenters. The molecule has 0 aliphatic carbocycles. The fourth-order valence-corrected chi connectivity index (χ4v) is 4.10. The van der Waals surface area contributed by atoms with E-state index >= 15 is 0 Å². The van der Waals surface area contributed by atoms with Crippen molar-refractivity contribution in [3.8, 4) is 0 Å². The van der Waals surface area contributed by atoms with E-state index in [2.05, 4.69) is 68.9 Å². The monoisotopic (exact) mass is 352 g/mol. The smallest absolute Gasteiger partial charge is 0.165 e. The minimum Gasteiger partial charge on any atom is -0.366 e. The van der Waals surface area contributed by atoms with Crippen molar-refractivity contribution in [1.29, 1.82) is 0 Å². The van der Waals surface area contributed by atoms with Gasteiger partial charge in [-0.1, -0.05) is 18.2 Å². The normalized spacial score (nSPS) is 13.0. The average molecular weight is 352 g/mol. The lowest BCUT2D eigenvalue weighted by Gasteiger charge is -2.25. The predicted molar refractivity (Wildman–Crippen MR) is 103 cm³/mol. The molecule has 3 heterocycles. The Labute approximate surface area is 150 Å². The molecule has 7 heteroatoms. The lowest BCUT2D eigenvalue weighted by Crippen LogP contribution is -2.27. The summed E-state index contributed by atoms with van der Waals surface area (Å²) in [6, 6.07) is 8.79. The van der Waals surface area contributed by atoms with Crippen LogP contribution in [-0.2, 0) is 7.05 Å². The topological polar surface area (TPSA) is 58.9 Å². The summed E-state index contributed by atoms with van der Waals surface area (Å²) in [5.41, 5.74) is 2.97. The summed E-state index contributed by atoms with van der Waals surface area (Å²) >= 11 is 1.79. The van der Waals surface area contributed by atoms with E-state index in [4.69, 9.17) is 0 Å². The van der Waals surface area contributed by atoms with Gasteiger partial charge in [0.2, 0.25) is 0 Å². The fraction of sp³-hybridized carbons (Fsp3) is 0.278. The molecule has 1 N–H and O–H groups in total. The molecule has 6 nitrogen and oxygen atoms in total. The van der Waals surface area contributed by atoms with Crippen LogP contribution in [0.15, 0.2) is 42.3 Å². The van der Waals surface area contributed by atoms with E-state index in [1.54, 1.807) is 24.0 Å². The number of imidazole rings is 1. The molecule has 4 rings (SSSR count). The first kappa shape index (κ1) is 16.0. The van der Waals surface area contributed by atoms with Gasteiger partial charge in [-0.3, -0.25) is 0 Å². The van der Waals surface area contributed by atoms with E-state index in [-0.39, 0.29) is 6.04 Å². The molecule has 25 heavy (non-hydrogen) atoms. The number of fused-ring (bicyclic) bond motifs is 2. The van der Waals surface area contributed by atoms with Gasteiger partial charge in [0.05, 0.1) is 12.4 Å². The van der Waals surface area contributed by atoms with E-state index in [9.17, 15) is 0 Å². The summed E-state index contributed by atoms with van der Waals surface area (Å²) in [6.07, 6.45) is 3.34. The van der Waals surface area contributed by atoms with Crippen LogP contribution in [0.25, 0.3) is 21.3 Å². The minimum absolute atomic E-state index is 0.241. The van der Waals surface area contributed by atoms with Crippen LogP contribution in [0.4, 0.5) is 5.82 Å². The molecule has 0 saturated carbocycles. The third kappa shape index (κ3) is 2.85. The molecule has 0 bridgehead atoms. The van der Waals surface area contributed by atoms with Gasteiger partial charge in [0.25, 0.3) is 0 Å². The number of nitrogens with zero attached hydrogens (tertiary/aromatic N) is 5. The van der Waals surface area contributed by atoms with Gasteiger partial charge in [0.15, 0.2) is 11.5 Å². The molecule has 0 aliphatic rings. The van der Waals surface area contributed by atoms with Crippen LogP contribution >= 0.6 is 11.3 Å². The van der Waals surface area contributed by atoms with Gasteiger partial charge in [0.1, 0.15) is 11.8 Å². The maximum atomic E-state index is 4.42. The highest BCUT2D eigenvalue weighted by atomic mass is 32.1. The summed E-state index contributed by atoms with van der Waals surface area (Å²) in [4.78, 5) is 15.3.